The van der Waals surface area contributed by atoms with Gasteiger partial charge < -0.3 is 9.88 Å². The highest BCUT2D eigenvalue weighted by Crippen LogP contribution is 2.14. The van der Waals surface area contributed by atoms with E-state index in [2.05, 4.69) is 53.0 Å². The van der Waals surface area contributed by atoms with Crippen LogP contribution in [0.3, 0.4) is 0 Å². The van der Waals surface area contributed by atoms with Gasteiger partial charge in [-0.05, 0) is 36.4 Å². The number of aryl methyl sites for hydroxylation is 1. The molecule has 0 radical (unpaired) electrons. The maximum atomic E-state index is 4.04. The molecule has 0 aliphatic heterocycles. The largest absolute Gasteiger partial charge is 0.337 e. The van der Waals surface area contributed by atoms with Crippen molar-refractivity contribution in [2.75, 3.05) is 6.54 Å². The first-order valence-corrected chi connectivity index (χ1v) is 7.51. The fraction of sp³-hybridized carbons (Fsp3) is 0.471. The zero-order chi connectivity index (χ0) is 14.2. The van der Waals surface area contributed by atoms with Crippen LogP contribution in [0.2, 0.25) is 0 Å². The lowest BCUT2D eigenvalue weighted by Crippen LogP contribution is -2.15. The van der Waals surface area contributed by atoms with E-state index in [4.69, 9.17) is 0 Å². The predicted molar refractivity (Wildman–Crippen MR) is 83.7 cm³/mol. The number of nitrogens with zero attached hydrogens (tertiary/aromatic N) is 2. The lowest BCUT2D eigenvalue weighted by Gasteiger charge is -2.08. The minimum Gasteiger partial charge on any atom is -0.337 e. The molecule has 0 aliphatic rings. The molecule has 20 heavy (non-hydrogen) atoms. The molecule has 0 atom stereocenters. The Balaban J connectivity index is 1.58. The molecule has 3 heteroatoms. The molecule has 0 amide bonds. The average Bonchev–Trinajstić information content (AvgIpc) is 2.96. The first-order chi connectivity index (χ1) is 9.75. The van der Waals surface area contributed by atoms with Crippen LogP contribution in [-0.2, 0) is 13.1 Å². The molecule has 0 saturated heterocycles. The van der Waals surface area contributed by atoms with Crippen molar-refractivity contribution in [3.05, 3.63) is 54.1 Å². The Morgan fingerprint density at radius 2 is 1.95 bits per heavy atom. The van der Waals surface area contributed by atoms with Crippen molar-refractivity contribution in [2.24, 2.45) is 0 Å². The van der Waals surface area contributed by atoms with E-state index in [1.807, 2.05) is 18.7 Å². The van der Waals surface area contributed by atoms with Gasteiger partial charge in [0, 0.05) is 25.5 Å². The minimum absolute atomic E-state index is 0.611. The Morgan fingerprint density at radius 3 is 2.60 bits per heavy atom. The molecule has 1 heterocycles. The third-order valence-electron chi connectivity index (χ3n) is 3.55. The molecule has 0 unspecified atom stereocenters. The van der Waals surface area contributed by atoms with E-state index in [-0.39, 0.29) is 0 Å². The Hall–Kier alpha value is -1.61. The summed E-state index contributed by atoms with van der Waals surface area (Å²) in [4.78, 5) is 4.04. The smallest absolute Gasteiger partial charge is 0.0945 e. The summed E-state index contributed by atoms with van der Waals surface area (Å²) in [5, 5.41) is 3.51. The van der Waals surface area contributed by atoms with Gasteiger partial charge in [-0.2, -0.15) is 0 Å². The maximum absolute atomic E-state index is 4.04. The third-order valence-corrected chi connectivity index (χ3v) is 3.55. The zero-order valence-electron chi connectivity index (χ0n) is 12.5. The molecule has 0 fully saturated rings. The SMILES string of the molecule is CC(C)c1ccc(CNCCCCn2ccnc2)cc1. The van der Waals surface area contributed by atoms with Crippen LogP contribution >= 0.6 is 0 Å². The van der Waals surface area contributed by atoms with Crippen molar-refractivity contribution in [1.82, 2.24) is 14.9 Å². The van der Waals surface area contributed by atoms with Crippen LogP contribution in [0.4, 0.5) is 0 Å². The number of hydrogen-bond donors (Lipinski definition) is 1. The maximum Gasteiger partial charge on any atom is 0.0945 e. The quantitative estimate of drug-likeness (QED) is 0.744. The fourth-order valence-electron chi connectivity index (χ4n) is 2.22. The van der Waals surface area contributed by atoms with Crippen molar-refractivity contribution in [3.8, 4) is 0 Å². The van der Waals surface area contributed by atoms with Gasteiger partial charge in [-0.1, -0.05) is 38.1 Å². The highest BCUT2D eigenvalue weighted by atomic mass is 15.0. The van der Waals surface area contributed by atoms with Gasteiger partial charge in [0.1, 0.15) is 0 Å². The van der Waals surface area contributed by atoms with E-state index in [1.165, 1.54) is 24.0 Å². The number of nitrogens with one attached hydrogen (secondary N) is 1. The molecular weight excluding hydrogens is 246 g/mol. The van der Waals surface area contributed by atoms with Crippen molar-refractivity contribution < 1.29 is 0 Å². The van der Waals surface area contributed by atoms with Gasteiger partial charge in [0.15, 0.2) is 0 Å². The summed E-state index contributed by atoms with van der Waals surface area (Å²) in [6, 6.07) is 8.93. The van der Waals surface area contributed by atoms with Gasteiger partial charge in [-0.3, -0.25) is 0 Å². The van der Waals surface area contributed by atoms with Crippen molar-refractivity contribution in [1.29, 1.82) is 0 Å². The van der Waals surface area contributed by atoms with Crippen LogP contribution in [-0.4, -0.2) is 16.1 Å². The third kappa shape index (κ3) is 4.82. The second-order valence-corrected chi connectivity index (χ2v) is 5.58. The second kappa shape index (κ2) is 7.85. The summed E-state index contributed by atoms with van der Waals surface area (Å²) in [6.45, 7) is 7.55. The van der Waals surface area contributed by atoms with Crippen molar-refractivity contribution in [3.63, 3.8) is 0 Å². The lowest BCUT2D eigenvalue weighted by atomic mass is 10.0. The molecule has 3 nitrogen and oxygen atoms in total. The highest BCUT2D eigenvalue weighted by Gasteiger charge is 1.98. The van der Waals surface area contributed by atoms with E-state index in [0.29, 0.717) is 5.92 Å². The van der Waals surface area contributed by atoms with Crippen LogP contribution in [0.15, 0.2) is 43.0 Å². The Morgan fingerprint density at radius 1 is 1.15 bits per heavy atom. The molecule has 1 aromatic carbocycles. The average molecular weight is 271 g/mol. The van der Waals surface area contributed by atoms with Crippen LogP contribution in [0.1, 0.15) is 43.7 Å². The van der Waals surface area contributed by atoms with Crippen LogP contribution in [0.25, 0.3) is 0 Å². The van der Waals surface area contributed by atoms with E-state index in [0.717, 1.165) is 19.6 Å². The molecule has 2 rings (SSSR count). The summed E-state index contributed by atoms with van der Waals surface area (Å²) in [6.07, 6.45) is 8.12. The van der Waals surface area contributed by atoms with E-state index < -0.39 is 0 Å². The monoisotopic (exact) mass is 271 g/mol. The number of benzene rings is 1. The van der Waals surface area contributed by atoms with Crippen molar-refractivity contribution in [2.45, 2.75) is 45.7 Å². The fourth-order valence-corrected chi connectivity index (χ4v) is 2.22. The predicted octanol–water partition coefficient (Wildman–Crippen LogP) is 3.58. The van der Waals surface area contributed by atoms with E-state index >= 15 is 0 Å². The van der Waals surface area contributed by atoms with Gasteiger partial charge >= 0.3 is 0 Å². The summed E-state index contributed by atoms with van der Waals surface area (Å²) in [5.41, 5.74) is 2.78. The first kappa shape index (κ1) is 14.8. The molecule has 0 saturated carbocycles. The van der Waals surface area contributed by atoms with Crippen molar-refractivity contribution >= 4 is 0 Å². The summed E-state index contributed by atoms with van der Waals surface area (Å²) in [7, 11) is 0. The Kier molecular flexibility index (Phi) is 5.81. The van der Waals surface area contributed by atoms with Crippen LogP contribution in [0, 0.1) is 0 Å². The summed E-state index contributed by atoms with van der Waals surface area (Å²) >= 11 is 0. The molecule has 1 N–H and O–H groups in total. The summed E-state index contributed by atoms with van der Waals surface area (Å²) in [5.74, 6) is 0.611. The van der Waals surface area contributed by atoms with E-state index in [1.54, 1.807) is 0 Å². The lowest BCUT2D eigenvalue weighted by molar-refractivity contribution is 0.568. The molecule has 0 aliphatic carbocycles. The number of rotatable bonds is 8. The highest BCUT2D eigenvalue weighted by molar-refractivity contribution is 5.24. The van der Waals surface area contributed by atoms with E-state index in [9.17, 15) is 0 Å². The zero-order valence-corrected chi connectivity index (χ0v) is 12.5. The first-order valence-electron chi connectivity index (χ1n) is 7.51. The summed E-state index contributed by atoms with van der Waals surface area (Å²) < 4.78 is 2.13. The molecular formula is C17H25N3. The van der Waals surface area contributed by atoms with Crippen LogP contribution in [0.5, 0.6) is 0 Å². The number of imidazole rings is 1. The van der Waals surface area contributed by atoms with Gasteiger partial charge in [0.05, 0.1) is 6.33 Å². The Labute approximate surface area is 122 Å². The normalized spacial score (nSPS) is 11.2. The van der Waals surface area contributed by atoms with Gasteiger partial charge in [-0.25, -0.2) is 4.98 Å². The van der Waals surface area contributed by atoms with Gasteiger partial charge in [-0.15, -0.1) is 0 Å². The molecule has 0 spiro atoms. The molecule has 108 valence electrons. The number of hydrogen-bond acceptors (Lipinski definition) is 2. The standard InChI is InChI=1S/C17H25N3/c1-15(2)17-7-5-16(6-8-17)13-18-9-3-4-11-20-12-10-19-14-20/h5-8,10,12,14-15,18H,3-4,9,11,13H2,1-2H3. The van der Waals surface area contributed by atoms with Gasteiger partial charge in [0.25, 0.3) is 0 Å². The topological polar surface area (TPSA) is 29.9 Å². The number of unbranched alkanes of at least 4 members (excludes halogenated alkanes) is 1. The minimum atomic E-state index is 0.611. The molecule has 2 aromatic rings. The second-order valence-electron chi connectivity index (χ2n) is 5.58. The van der Waals surface area contributed by atoms with Crippen LogP contribution < -0.4 is 5.32 Å². The Bertz CT molecular complexity index is 471. The number of aromatic nitrogens is 2. The van der Waals surface area contributed by atoms with Gasteiger partial charge in [0.2, 0.25) is 0 Å². The molecule has 1 aromatic heterocycles. The molecule has 0 bridgehead atoms.